The Morgan fingerprint density at radius 3 is 2.50 bits per heavy atom. The molecular formula is C23H22F5N3O. The van der Waals surface area contributed by atoms with Crippen LogP contribution in [0.15, 0.2) is 72.5 Å². The molecule has 1 amide bonds. The van der Waals surface area contributed by atoms with Crippen molar-refractivity contribution >= 4 is 5.91 Å². The van der Waals surface area contributed by atoms with E-state index < -0.39 is 29.8 Å². The third-order valence-electron chi connectivity index (χ3n) is 4.52. The summed E-state index contributed by atoms with van der Waals surface area (Å²) < 4.78 is 66.6. The highest BCUT2D eigenvalue weighted by molar-refractivity contribution is 5.95. The second-order valence-electron chi connectivity index (χ2n) is 7.13. The number of hydrogen-bond acceptors (Lipinski definition) is 3. The van der Waals surface area contributed by atoms with Crippen LogP contribution in [0.4, 0.5) is 22.0 Å². The number of nitrogens with zero attached hydrogens (tertiary/aromatic N) is 1. The molecule has 0 aliphatic carbocycles. The molecule has 0 aliphatic rings. The van der Waals surface area contributed by atoms with E-state index in [1.54, 1.807) is 19.1 Å². The van der Waals surface area contributed by atoms with Crippen molar-refractivity contribution in [2.24, 2.45) is 5.73 Å². The Kier molecular flexibility index (Phi) is 8.04. The van der Waals surface area contributed by atoms with Gasteiger partial charge in [-0.2, -0.15) is 13.2 Å². The van der Waals surface area contributed by atoms with E-state index in [0.717, 1.165) is 17.7 Å². The Morgan fingerprint density at radius 1 is 1.25 bits per heavy atom. The molecule has 2 aromatic rings. The van der Waals surface area contributed by atoms with Crippen molar-refractivity contribution in [2.45, 2.75) is 26.1 Å². The van der Waals surface area contributed by atoms with E-state index in [1.165, 1.54) is 25.3 Å². The lowest BCUT2D eigenvalue weighted by Crippen LogP contribution is -2.29. The molecule has 1 heterocycles. The molecule has 4 nitrogen and oxygen atoms in total. The third kappa shape index (κ3) is 6.58. The van der Waals surface area contributed by atoms with Gasteiger partial charge in [-0.05, 0) is 60.9 Å². The lowest BCUT2D eigenvalue weighted by atomic mass is 9.98. The smallest absolute Gasteiger partial charge is 0.348 e. The van der Waals surface area contributed by atoms with Gasteiger partial charge in [0.05, 0.1) is 5.69 Å². The maximum absolute atomic E-state index is 13.9. The van der Waals surface area contributed by atoms with Gasteiger partial charge in [0.2, 0.25) is 0 Å². The summed E-state index contributed by atoms with van der Waals surface area (Å²) in [6.45, 7) is 6.01. The number of carbonyl (C=O) groups excluding carboxylic acids is 1. The van der Waals surface area contributed by atoms with E-state index in [1.807, 2.05) is 0 Å². The first-order chi connectivity index (χ1) is 14.9. The van der Waals surface area contributed by atoms with Crippen molar-refractivity contribution in [1.82, 2.24) is 10.3 Å². The highest BCUT2D eigenvalue weighted by atomic mass is 19.4. The van der Waals surface area contributed by atoms with Gasteiger partial charge >= 0.3 is 6.18 Å². The zero-order chi connectivity index (χ0) is 24.1. The van der Waals surface area contributed by atoms with Crippen LogP contribution in [0.3, 0.4) is 0 Å². The molecule has 0 fully saturated rings. The number of hydrogen-bond donors (Lipinski definition) is 2. The standard InChI is InChI=1S/C23H22F5N3O/c1-4-18(24)10-19(25)14(3)12-31-22(32)17-8-15(20-6-5-13(2)11-30-20)7-16(9-17)21(29)23(26,27)28/h4-11,21H,1,12,29H2,2-3H3,(H,31,32)/b18-10+,19-14-. The van der Waals surface area contributed by atoms with Gasteiger partial charge in [-0.3, -0.25) is 9.78 Å². The fourth-order valence-corrected chi connectivity index (χ4v) is 2.64. The summed E-state index contributed by atoms with van der Waals surface area (Å²) in [6.07, 6.45) is -1.75. The normalized spacial score (nSPS) is 13.9. The minimum absolute atomic E-state index is 0.0129. The first-order valence-electron chi connectivity index (χ1n) is 9.45. The first kappa shape index (κ1) is 24.9. The summed E-state index contributed by atoms with van der Waals surface area (Å²) in [6, 6.07) is 4.64. The summed E-state index contributed by atoms with van der Waals surface area (Å²) in [7, 11) is 0. The van der Waals surface area contributed by atoms with Gasteiger partial charge in [0, 0.05) is 29.9 Å². The van der Waals surface area contributed by atoms with Gasteiger partial charge < -0.3 is 11.1 Å². The topological polar surface area (TPSA) is 68.0 Å². The van der Waals surface area contributed by atoms with Gasteiger partial charge in [0.25, 0.3) is 5.91 Å². The van der Waals surface area contributed by atoms with Gasteiger partial charge in [0.15, 0.2) is 0 Å². The Bertz CT molecular complexity index is 1060. The van der Waals surface area contributed by atoms with Crippen LogP contribution in [0, 0.1) is 6.92 Å². The van der Waals surface area contributed by atoms with Crippen molar-refractivity contribution in [3.05, 3.63) is 89.2 Å². The fourth-order valence-electron chi connectivity index (χ4n) is 2.64. The number of carbonyl (C=O) groups is 1. The lowest BCUT2D eigenvalue weighted by molar-refractivity contribution is -0.149. The molecule has 1 unspecified atom stereocenters. The number of halogens is 5. The molecule has 0 spiro atoms. The molecule has 1 aromatic heterocycles. The molecule has 2 rings (SSSR count). The summed E-state index contributed by atoms with van der Waals surface area (Å²) >= 11 is 0. The number of allylic oxidation sites excluding steroid dienone is 4. The summed E-state index contributed by atoms with van der Waals surface area (Å²) in [4.78, 5) is 16.8. The quantitative estimate of drug-likeness (QED) is 0.423. The van der Waals surface area contributed by atoms with Crippen LogP contribution in [-0.2, 0) is 0 Å². The van der Waals surface area contributed by atoms with Crippen LogP contribution < -0.4 is 11.1 Å². The van der Waals surface area contributed by atoms with E-state index in [4.69, 9.17) is 5.73 Å². The predicted molar refractivity (Wildman–Crippen MR) is 113 cm³/mol. The largest absolute Gasteiger partial charge is 0.407 e. The summed E-state index contributed by atoms with van der Waals surface area (Å²) in [5.41, 5.74) is 6.40. The highest BCUT2D eigenvalue weighted by Gasteiger charge is 2.38. The van der Waals surface area contributed by atoms with Gasteiger partial charge in [-0.25, -0.2) is 8.78 Å². The summed E-state index contributed by atoms with van der Waals surface area (Å²) in [5.74, 6) is -2.55. The number of nitrogens with two attached hydrogens (primary N) is 1. The molecule has 1 aromatic carbocycles. The number of amides is 1. The van der Waals surface area contributed by atoms with Crippen molar-refractivity contribution < 1.29 is 26.7 Å². The maximum atomic E-state index is 13.9. The van der Waals surface area contributed by atoms with Gasteiger partial charge in [-0.15, -0.1) is 0 Å². The maximum Gasteiger partial charge on any atom is 0.407 e. The number of aromatic nitrogens is 1. The molecule has 9 heteroatoms. The minimum Gasteiger partial charge on any atom is -0.348 e. The SMILES string of the molecule is C=C/C(F)=C\C(F)=C(/C)CNC(=O)c1cc(-c2ccc(C)cn2)cc(C(N)C(F)(F)F)c1. The van der Waals surface area contributed by atoms with E-state index in [-0.39, 0.29) is 28.8 Å². The average Bonchev–Trinajstić information content (AvgIpc) is 2.75. The Hall–Kier alpha value is -3.33. The zero-order valence-electron chi connectivity index (χ0n) is 17.4. The van der Waals surface area contributed by atoms with Crippen molar-refractivity contribution in [2.75, 3.05) is 6.54 Å². The molecule has 0 radical (unpaired) electrons. The minimum atomic E-state index is -4.73. The predicted octanol–water partition coefficient (Wildman–Crippen LogP) is 5.63. The molecule has 32 heavy (non-hydrogen) atoms. The number of pyridine rings is 1. The first-order valence-corrected chi connectivity index (χ1v) is 9.45. The van der Waals surface area contributed by atoms with E-state index in [9.17, 15) is 26.7 Å². The Labute approximate surface area is 182 Å². The molecule has 3 N–H and O–H groups in total. The van der Waals surface area contributed by atoms with Gasteiger partial charge in [0.1, 0.15) is 17.7 Å². The second kappa shape index (κ2) is 10.3. The molecule has 170 valence electrons. The molecule has 0 saturated heterocycles. The van der Waals surface area contributed by atoms with Crippen LogP contribution in [0.1, 0.15) is 34.5 Å². The number of benzene rings is 1. The third-order valence-corrected chi connectivity index (χ3v) is 4.52. The van der Waals surface area contributed by atoms with E-state index in [0.29, 0.717) is 11.8 Å². The zero-order valence-corrected chi connectivity index (χ0v) is 17.4. The average molecular weight is 451 g/mol. The van der Waals surface area contributed by atoms with Crippen LogP contribution in [0.5, 0.6) is 0 Å². The number of rotatable bonds is 7. The monoisotopic (exact) mass is 451 g/mol. The highest BCUT2D eigenvalue weighted by Crippen LogP contribution is 2.33. The lowest BCUT2D eigenvalue weighted by Gasteiger charge is -2.18. The van der Waals surface area contributed by atoms with E-state index >= 15 is 0 Å². The Balaban J connectivity index is 2.39. The van der Waals surface area contributed by atoms with Crippen molar-refractivity contribution in [3.8, 4) is 11.3 Å². The molecular weight excluding hydrogens is 429 g/mol. The van der Waals surface area contributed by atoms with Gasteiger partial charge in [-0.1, -0.05) is 12.6 Å². The molecule has 1 atom stereocenters. The molecule has 0 saturated carbocycles. The second-order valence-corrected chi connectivity index (χ2v) is 7.13. The number of nitrogens with one attached hydrogen (secondary N) is 1. The molecule has 0 aliphatic heterocycles. The fraction of sp³-hybridized carbons (Fsp3) is 0.217. The van der Waals surface area contributed by atoms with Crippen LogP contribution in [0.25, 0.3) is 11.3 Å². The van der Waals surface area contributed by atoms with Crippen LogP contribution >= 0.6 is 0 Å². The number of alkyl halides is 3. The summed E-state index contributed by atoms with van der Waals surface area (Å²) in [5, 5.41) is 2.41. The van der Waals surface area contributed by atoms with Crippen molar-refractivity contribution in [1.29, 1.82) is 0 Å². The van der Waals surface area contributed by atoms with Crippen LogP contribution in [0.2, 0.25) is 0 Å². The van der Waals surface area contributed by atoms with Crippen LogP contribution in [-0.4, -0.2) is 23.6 Å². The number of aryl methyl sites for hydroxylation is 1. The van der Waals surface area contributed by atoms with Crippen molar-refractivity contribution in [3.63, 3.8) is 0 Å². The van der Waals surface area contributed by atoms with E-state index in [2.05, 4.69) is 16.9 Å². The molecule has 0 bridgehead atoms. The Morgan fingerprint density at radius 2 is 1.94 bits per heavy atom.